The van der Waals surface area contributed by atoms with Gasteiger partial charge in [0, 0.05) is 19.3 Å². The van der Waals surface area contributed by atoms with Crippen LogP contribution >= 0.6 is 0 Å². The first kappa shape index (κ1) is 15.1. The van der Waals surface area contributed by atoms with Crippen LogP contribution in [0.25, 0.3) is 0 Å². The highest BCUT2D eigenvalue weighted by atomic mass is 16.5. The molecule has 0 aromatic heterocycles. The number of ether oxygens (including phenoxy) is 3. The highest BCUT2D eigenvalue weighted by molar-refractivity contribution is 5.87. The predicted octanol–water partition coefficient (Wildman–Crippen LogP) is 1.94. The Bertz CT molecular complexity index is 243. The molecule has 0 aromatic carbocycles. The van der Waals surface area contributed by atoms with Crippen molar-refractivity contribution in [3.63, 3.8) is 0 Å². The van der Waals surface area contributed by atoms with E-state index in [2.05, 4.69) is 4.74 Å². The van der Waals surface area contributed by atoms with E-state index in [9.17, 15) is 4.79 Å². The molecule has 0 aromatic rings. The molecule has 4 nitrogen and oxygen atoms in total. The molecular weight excluding hydrogens is 208 g/mol. The fourth-order valence-corrected chi connectivity index (χ4v) is 0.932. The molecule has 0 N–H and O–H groups in total. The van der Waals surface area contributed by atoms with E-state index in [0.717, 1.165) is 6.42 Å². The Labute approximate surface area is 97.6 Å². The van der Waals surface area contributed by atoms with Crippen molar-refractivity contribution in [1.29, 1.82) is 0 Å². The van der Waals surface area contributed by atoms with Gasteiger partial charge in [-0.25, -0.2) is 4.79 Å². The van der Waals surface area contributed by atoms with Crippen LogP contribution in [0.4, 0.5) is 0 Å². The maximum atomic E-state index is 11.0. The molecule has 0 aliphatic rings. The van der Waals surface area contributed by atoms with Gasteiger partial charge in [0.2, 0.25) is 0 Å². The van der Waals surface area contributed by atoms with E-state index >= 15 is 0 Å². The number of hydrogen-bond donors (Lipinski definition) is 0. The largest absolute Gasteiger partial charge is 0.466 e. The summed E-state index contributed by atoms with van der Waals surface area (Å²) < 4.78 is 15.2. The van der Waals surface area contributed by atoms with Crippen molar-refractivity contribution in [3.05, 3.63) is 11.6 Å². The highest BCUT2D eigenvalue weighted by Gasteiger charge is 2.15. The second-order valence-corrected chi connectivity index (χ2v) is 4.17. The van der Waals surface area contributed by atoms with E-state index in [1.807, 2.05) is 13.8 Å². The van der Waals surface area contributed by atoms with Crippen molar-refractivity contribution in [3.8, 4) is 0 Å². The first-order chi connectivity index (χ1) is 7.43. The van der Waals surface area contributed by atoms with Gasteiger partial charge in [0.25, 0.3) is 0 Å². The Hall–Kier alpha value is -0.870. The molecule has 0 amide bonds. The number of methoxy groups -OCH3 is 2. The van der Waals surface area contributed by atoms with Gasteiger partial charge in [0.1, 0.15) is 0 Å². The molecule has 16 heavy (non-hydrogen) atoms. The summed E-state index contributed by atoms with van der Waals surface area (Å²) >= 11 is 0. The molecule has 0 saturated heterocycles. The van der Waals surface area contributed by atoms with Crippen molar-refractivity contribution in [2.24, 2.45) is 0 Å². The second-order valence-electron chi connectivity index (χ2n) is 4.17. The summed E-state index contributed by atoms with van der Waals surface area (Å²) in [5, 5.41) is 0. The number of carbonyl (C=O) groups excluding carboxylic acids is 1. The average Bonchev–Trinajstić information content (AvgIpc) is 2.27. The standard InChI is InChI=1S/C12H22O4/c1-10(11(13)14-4)6-8-16-9-7-12(2,3)15-5/h6H,7-9H2,1-5H3. The Morgan fingerprint density at radius 3 is 2.44 bits per heavy atom. The van der Waals surface area contributed by atoms with Crippen LogP contribution in [0.5, 0.6) is 0 Å². The Morgan fingerprint density at radius 2 is 1.94 bits per heavy atom. The lowest BCUT2D eigenvalue weighted by Crippen LogP contribution is -2.24. The molecule has 0 bridgehead atoms. The zero-order valence-electron chi connectivity index (χ0n) is 10.8. The zero-order chi connectivity index (χ0) is 12.6. The van der Waals surface area contributed by atoms with Gasteiger partial charge in [-0.2, -0.15) is 0 Å². The zero-order valence-corrected chi connectivity index (χ0v) is 10.8. The van der Waals surface area contributed by atoms with Crippen LogP contribution < -0.4 is 0 Å². The Kier molecular flexibility index (Phi) is 7.01. The molecular formula is C12H22O4. The van der Waals surface area contributed by atoms with Crippen molar-refractivity contribution < 1.29 is 19.0 Å². The maximum absolute atomic E-state index is 11.0. The molecule has 4 heteroatoms. The minimum atomic E-state index is -0.319. The average molecular weight is 230 g/mol. The molecule has 0 unspecified atom stereocenters. The number of hydrogen-bond acceptors (Lipinski definition) is 4. The summed E-state index contributed by atoms with van der Waals surface area (Å²) in [6.07, 6.45) is 2.53. The van der Waals surface area contributed by atoms with E-state index in [1.54, 1.807) is 20.1 Å². The van der Waals surface area contributed by atoms with Crippen LogP contribution in [-0.2, 0) is 19.0 Å². The lowest BCUT2D eigenvalue weighted by atomic mass is 10.1. The molecule has 0 rings (SSSR count). The summed E-state index contributed by atoms with van der Waals surface area (Å²) in [5.41, 5.74) is 0.398. The summed E-state index contributed by atoms with van der Waals surface area (Å²) in [4.78, 5) is 11.0. The van der Waals surface area contributed by atoms with Crippen molar-refractivity contribution in [1.82, 2.24) is 0 Å². The van der Waals surface area contributed by atoms with Gasteiger partial charge in [-0.1, -0.05) is 0 Å². The number of carbonyl (C=O) groups is 1. The van der Waals surface area contributed by atoms with Crippen molar-refractivity contribution >= 4 is 5.97 Å². The molecule has 0 aliphatic carbocycles. The van der Waals surface area contributed by atoms with Crippen LogP contribution in [0.1, 0.15) is 27.2 Å². The highest BCUT2D eigenvalue weighted by Crippen LogP contribution is 2.12. The van der Waals surface area contributed by atoms with Crippen LogP contribution in [0.2, 0.25) is 0 Å². The van der Waals surface area contributed by atoms with Crippen LogP contribution in [0.3, 0.4) is 0 Å². The molecule has 0 heterocycles. The summed E-state index contributed by atoms with van der Waals surface area (Å²) in [6.45, 7) is 6.73. The predicted molar refractivity (Wildman–Crippen MR) is 62.3 cm³/mol. The summed E-state index contributed by atoms with van der Waals surface area (Å²) in [5.74, 6) is -0.319. The lowest BCUT2D eigenvalue weighted by Gasteiger charge is -2.22. The van der Waals surface area contributed by atoms with E-state index in [4.69, 9.17) is 9.47 Å². The third-order valence-electron chi connectivity index (χ3n) is 2.42. The topological polar surface area (TPSA) is 44.8 Å². The van der Waals surface area contributed by atoms with Crippen LogP contribution in [-0.4, -0.2) is 39.0 Å². The quantitative estimate of drug-likeness (QED) is 0.381. The SMILES string of the molecule is COC(=O)C(C)=CCOCCC(C)(C)OC. The molecule has 0 radical (unpaired) electrons. The Morgan fingerprint density at radius 1 is 1.31 bits per heavy atom. The van der Waals surface area contributed by atoms with Gasteiger partial charge < -0.3 is 14.2 Å². The molecule has 0 saturated carbocycles. The third kappa shape index (κ3) is 6.58. The monoisotopic (exact) mass is 230 g/mol. The molecule has 0 aliphatic heterocycles. The number of rotatable bonds is 7. The minimum absolute atomic E-state index is 0.166. The molecule has 94 valence electrons. The van der Waals surface area contributed by atoms with E-state index in [-0.39, 0.29) is 11.6 Å². The smallest absolute Gasteiger partial charge is 0.333 e. The van der Waals surface area contributed by atoms with Gasteiger partial charge >= 0.3 is 5.97 Å². The Balaban J connectivity index is 3.72. The summed E-state index contributed by atoms with van der Waals surface area (Å²) in [6, 6.07) is 0. The van der Waals surface area contributed by atoms with E-state index in [0.29, 0.717) is 18.8 Å². The fraction of sp³-hybridized carbons (Fsp3) is 0.750. The van der Waals surface area contributed by atoms with Gasteiger partial charge in [-0.3, -0.25) is 0 Å². The molecule has 0 spiro atoms. The first-order valence-electron chi connectivity index (χ1n) is 5.31. The van der Waals surface area contributed by atoms with Gasteiger partial charge in [0.15, 0.2) is 0 Å². The molecule has 0 fully saturated rings. The van der Waals surface area contributed by atoms with Crippen LogP contribution in [0, 0.1) is 0 Å². The normalized spacial score (nSPS) is 12.7. The van der Waals surface area contributed by atoms with Gasteiger partial charge in [-0.15, -0.1) is 0 Å². The van der Waals surface area contributed by atoms with E-state index in [1.165, 1.54) is 7.11 Å². The van der Waals surface area contributed by atoms with Crippen molar-refractivity contribution in [2.45, 2.75) is 32.8 Å². The summed E-state index contributed by atoms with van der Waals surface area (Å²) in [7, 11) is 3.04. The third-order valence-corrected chi connectivity index (χ3v) is 2.42. The fourth-order valence-electron chi connectivity index (χ4n) is 0.932. The van der Waals surface area contributed by atoms with Gasteiger partial charge in [-0.05, 0) is 33.3 Å². The van der Waals surface area contributed by atoms with Gasteiger partial charge in [0.05, 0.1) is 19.3 Å². The maximum Gasteiger partial charge on any atom is 0.333 e. The molecule has 0 atom stereocenters. The lowest BCUT2D eigenvalue weighted by molar-refractivity contribution is -0.136. The number of esters is 1. The van der Waals surface area contributed by atoms with E-state index < -0.39 is 0 Å². The van der Waals surface area contributed by atoms with Crippen LogP contribution in [0.15, 0.2) is 11.6 Å². The second kappa shape index (κ2) is 7.41. The minimum Gasteiger partial charge on any atom is -0.466 e. The first-order valence-corrected chi connectivity index (χ1v) is 5.31. The van der Waals surface area contributed by atoms with Crippen molar-refractivity contribution in [2.75, 3.05) is 27.4 Å².